The normalized spacial score (nSPS) is 20.0. The van der Waals surface area contributed by atoms with Gasteiger partial charge in [0.25, 0.3) is 0 Å². The molecule has 92 valence electrons. The molecule has 0 saturated carbocycles. The van der Waals surface area contributed by atoms with E-state index in [1.807, 2.05) is 0 Å². The van der Waals surface area contributed by atoms with Gasteiger partial charge in [0.05, 0.1) is 12.1 Å². The van der Waals surface area contributed by atoms with Gasteiger partial charge in [0.15, 0.2) is 0 Å². The number of piperazine rings is 1. The van der Waals surface area contributed by atoms with E-state index >= 15 is 0 Å². The van der Waals surface area contributed by atoms with Crippen LogP contribution in [0.2, 0.25) is 0 Å². The standard InChI is InChI=1S/C13H19N3S/c1-2-13(9-14)16-6-4-15(5-7-16)10-12-3-8-17-11-12/h3,8,11,13H,2,4-7,10H2,1H3. The third-order valence-electron chi connectivity index (χ3n) is 3.37. The third-order valence-corrected chi connectivity index (χ3v) is 4.10. The van der Waals surface area contributed by atoms with Crippen molar-refractivity contribution < 1.29 is 0 Å². The summed E-state index contributed by atoms with van der Waals surface area (Å²) in [6.45, 7) is 7.35. The van der Waals surface area contributed by atoms with E-state index in [0.29, 0.717) is 0 Å². The molecule has 4 heteroatoms. The molecule has 3 nitrogen and oxygen atoms in total. The van der Waals surface area contributed by atoms with Crippen molar-refractivity contribution in [1.29, 1.82) is 5.26 Å². The number of nitriles is 1. The van der Waals surface area contributed by atoms with Crippen LogP contribution < -0.4 is 0 Å². The van der Waals surface area contributed by atoms with Gasteiger partial charge in [-0.25, -0.2) is 0 Å². The van der Waals surface area contributed by atoms with E-state index < -0.39 is 0 Å². The molecule has 1 unspecified atom stereocenters. The maximum absolute atomic E-state index is 9.05. The summed E-state index contributed by atoms with van der Waals surface area (Å²) in [6, 6.07) is 4.70. The number of hydrogen-bond donors (Lipinski definition) is 0. The van der Waals surface area contributed by atoms with Crippen molar-refractivity contribution in [3.05, 3.63) is 22.4 Å². The fourth-order valence-corrected chi connectivity index (χ4v) is 2.96. The lowest BCUT2D eigenvalue weighted by atomic mass is 10.1. The zero-order chi connectivity index (χ0) is 12.1. The van der Waals surface area contributed by atoms with Crippen molar-refractivity contribution in [3.8, 4) is 6.07 Å². The van der Waals surface area contributed by atoms with Crippen molar-refractivity contribution in [2.24, 2.45) is 0 Å². The second-order valence-electron chi connectivity index (χ2n) is 4.50. The van der Waals surface area contributed by atoms with Gasteiger partial charge in [0.2, 0.25) is 0 Å². The second-order valence-corrected chi connectivity index (χ2v) is 5.28. The van der Waals surface area contributed by atoms with Crippen molar-refractivity contribution in [2.75, 3.05) is 26.2 Å². The maximum Gasteiger partial charge on any atom is 0.0976 e. The zero-order valence-electron chi connectivity index (χ0n) is 10.3. The number of nitrogens with zero attached hydrogens (tertiary/aromatic N) is 3. The monoisotopic (exact) mass is 249 g/mol. The predicted octanol–water partition coefficient (Wildman–Crippen LogP) is 2.17. The summed E-state index contributed by atoms with van der Waals surface area (Å²) >= 11 is 1.76. The fourth-order valence-electron chi connectivity index (χ4n) is 2.31. The second kappa shape index (κ2) is 6.15. The Balaban J connectivity index is 1.80. The van der Waals surface area contributed by atoms with Gasteiger partial charge in [0, 0.05) is 32.7 Å². The molecule has 1 aromatic heterocycles. The fraction of sp³-hybridized carbons (Fsp3) is 0.615. The molecular formula is C13H19N3S. The van der Waals surface area contributed by atoms with E-state index in [9.17, 15) is 0 Å². The summed E-state index contributed by atoms with van der Waals surface area (Å²) in [5, 5.41) is 13.4. The van der Waals surface area contributed by atoms with Gasteiger partial charge in [-0.3, -0.25) is 9.80 Å². The molecule has 17 heavy (non-hydrogen) atoms. The molecule has 0 spiro atoms. The molecule has 1 aliphatic rings. The van der Waals surface area contributed by atoms with Crippen molar-refractivity contribution >= 4 is 11.3 Å². The van der Waals surface area contributed by atoms with E-state index in [-0.39, 0.29) is 6.04 Å². The molecule has 1 fully saturated rings. The van der Waals surface area contributed by atoms with Gasteiger partial charge in [-0.2, -0.15) is 16.6 Å². The molecule has 0 amide bonds. The van der Waals surface area contributed by atoms with Gasteiger partial charge >= 0.3 is 0 Å². The zero-order valence-corrected chi connectivity index (χ0v) is 11.1. The van der Waals surface area contributed by atoms with Crippen LogP contribution in [0.3, 0.4) is 0 Å². The average Bonchev–Trinajstić information content (AvgIpc) is 2.86. The van der Waals surface area contributed by atoms with Crippen LogP contribution in [0, 0.1) is 11.3 Å². The van der Waals surface area contributed by atoms with Crippen LogP contribution >= 0.6 is 11.3 Å². The van der Waals surface area contributed by atoms with Crippen LogP contribution in [-0.4, -0.2) is 42.0 Å². The Morgan fingerprint density at radius 2 is 2.18 bits per heavy atom. The molecule has 2 heterocycles. The van der Waals surface area contributed by atoms with Crippen LogP contribution in [0.4, 0.5) is 0 Å². The van der Waals surface area contributed by atoms with E-state index in [0.717, 1.165) is 39.1 Å². The molecule has 0 N–H and O–H groups in total. The Labute approximate surface area is 107 Å². The molecule has 1 aromatic rings. The van der Waals surface area contributed by atoms with Crippen molar-refractivity contribution in [1.82, 2.24) is 9.80 Å². The largest absolute Gasteiger partial charge is 0.297 e. The number of thiophene rings is 1. The highest BCUT2D eigenvalue weighted by Gasteiger charge is 2.22. The van der Waals surface area contributed by atoms with E-state index in [1.54, 1.807) is 11.3 Å². The molecule has 0 radical (unpaired) electrons. The number of rotatable bonds is 4. The molecule has 1 atom stereocenters. The number of hydrogen-bond acceptors (Lipinski definition) is 4. The summed E-state index contributed by atoms with van der Waals surface area (Å²) in [5.74, 6) is 0. The van der Waals surface area contributed by atoms with Crippen molar-refractivity contribution in [2.45, 2.75) is 25.9 Å². The van der Waals surface area contributed by atoms with Crippen LogP contribution in [0.5, 0.6) is 0 Å². The lowest BCUT2D eigenvalue weighted by Crippen LogP contribution is -2.49. The molecule has 0 bridgehead atoms. The lowest BCUT2D eigenvalue weighted by Gasteiger charge is -2.36. The molecule has 1 aliphatic heterocycles. The smallest absolute Gasteiger partial charge is 0.0976 e. The third kappa shape index (κ3) is 3.29. The first-order chi connectivity index (χ1) is 8.33. The highest BCUT2D eigenvalue weighted by Crippen LogP contribution is 2.13. The minimum absolute atomic E-state index is 0.110. The van der Waals surface area contributed by atoms with Gasteiger partial charge in [-0.15, -0.1) is 0 Å². The van der Waals surface area contributed by atoms with Crippen LogP contribution in [0.1, 0.15) is 18.9 Å². The van der Waals surface area contributed by atoms with Crippen molar-refractivity contribution in [3.63, 3.8) is 0 Å². The SMILES string of the molecule is CCC(C#N)N1CCN(Cc2ccsc2)CC1. The molecule has 2 rings (SSSR count). The Bertz CT molecular complexity index is 361. The van der Waals surface area contributed by atoms with E-state index in [4.69, 9.17) is 5.26 Å². The maximum atomic E-state index is 9.05. The highest BCUT2D eigenvalue weighted by atomic mass is 32.1. The molecule has 0 aromatic carbocycles. The van der Waals surface area contributed by atoms with E-state index in [1.165, 1.54) is 5.56 Å². The Kier molecular flexibility index (Phi) is 4.55. The van der Waals surface area contributed by atoms with Crippen LogP contribution in [-0.2, 0) is 6.54 Å². The van der Waals surface area contributed by atoms with Gasteiger partial charge in [-0.1, -0.05) is 6.92 Å². The first kappa shape index (κ1) is 12.6. The van der Waals surface area contributed by atoms with E-state index in [2.05, 4.69) is 39.6 Å². The summed E-state index contributed by atoms with van der Waals surface area (Å²) in [7, 11) is 0. The van der Waals surface area contributed by atoms with Gasteiger partial charge in [0.1, 0.15) is 0 Å². The average molecular weight is 249 g/mol. The summed E-state index contributed by atoms with van der Waals surface area (Å²) in [5.41, 5.74) is 1.41. The predicted molar refractivity (Wildman–Crippen MR) is 70.9 cm³/mol. The minimum atomic E-state index is 0.110. The minimum Gasteiger partial charge on any atom is -0.297 e. The van der Waals surface area contributed by atoms with Gasteiger partial charge in [-0.05, 0) is 28.8 Å². The quantitative estimate of drug-likeness (QED) is 0.819. The van der Waals surface area contributed by atoms with Crippen LogP contribution in [0.15, 0.2) is 16.8 Å². The first-order valence-corrected chi connectivity index (χ1v) is 7.15. The Morgan fingerprint density at radius 1 is 1.41 bits per heavy atom. The summed E-state index contributed by atoms with van der Waals surface area (Å²) in [6.07, 6.45) is 0.932. The topological polar surface area (TPSA) is 30.3 Å². The molecule has 0 aliphatic carbocycles. The Hall–Kier alpha value is -0.890. The molecule has 1 saturated heterocycles. The highest BCUT2D eigenvalue weighted by molar-refractivity contribution is 7.07. The molecular weight excluding hydrogens is 230 g/mol. The lowest BCUT2D eigenvalue weighted by molar-refractivity contribution is 0.108. The summed E-state index contributed by atoms with van der Waals surface area (Å²) < 4.78 is 0. The Morgan fingerprint density at radius 3 is 2.71 bits per heavy atom. The summed E-state index contributed by atoms with van der Waals surface area (Å²) in [4.78, 5) is 4.78. The van der Waals surface area contributed by atoms with Gasteiger partial charge < -0.3 is 0 Å². The van der Waals surface area contributed by atoms with Crippen LogP contribution in [0.25, 0.3) is 0 Å². The first-order valence-electron chi connectivity index (χ1n) is 6.20.